The minimum Gasteiger partial charge on any atom is -0.351 e. The number of rotatable bonds is 8. The second-order valence-electron chi connectivity index (χ2n) is 8.20. The van der Waals surface area contributed by atoms with Crippen LogP contribution in [0.5, 0.6) is 0 Å². The molecule has 7 nitrogen and oxygen atoms in total. The van der Waals surface area contributed by atoms with Crippen molar-refractivity contribution in [2.24, 2.45) is 5.92 Å². The van der Waals surface area contributed by atoms with Gasteiger partial charge in [0.25, 0.3) is 5.91 Å². The number of hydroxylamine groups is 1. The standard InChI is InChI=1S/C22H30FN3O4/c1-2-3-9-17(19(23)21(28)25-30)22(29)26-11-6-10-18(26)20(27)24-16-12-14-7-4-5-8-15(14)13-16/h4-5,7-8,16-19,30H,2-3,6,9-13H2,1H3,(H,24,27)(H,25,28)/t17-,18?,19-/m1/s1. The quantitative estimate of drug-likeness (QED) is 0.443. The minimum atomic E-state index is -2.15. The molecular weight excluding hydrogens is 389 g/mol. The van der Waals surface area contributed by atoms with Crippen LogP contribution in [0.15, 0.2) is 24.3 Å². The van der Waals surface area contributed by atoms with Crippen LogP contribution in [-0.2, 0) is 27.2 Å². The highest BCUT2D eigenvalue weighted by Crippen LogP contribution is 2.27. The molecule has 1 aliphatic carbocycles. The normalized spacial score (nSPS) is 20.5. The Morgan fingerprint density at radius 3 is 2.50 bits per heavy atom. The monoisotopic (exact) mass is 419 g/mol. The maximum atomic E-state index is 14.6. The van der Waals surface area contributed by atoms with E-state index in [0.717, 1.165) is 19.3 Å². The van der Waals surface area contributed by atoms with Gasteiger partial charge in [-0.1, -0.05) is 44.0 Å². The molecule has 1 unspecified atom stereocenters. The molecule has 0 saturated carbocycles. The highest BCUT2D eigenvalue weighted by atomic mass is 19.1. The van der Waals surface area contributed by atoms with Crippen LogP contribution in [0.1, 0.15) is 50.2 Å². The maximum absolute atomic E-state index is 14.6. The number of halogens is 1. The number of carbonyl (C=O) groups is 3. The molecule has 1 fully saturated rings. The van der Waals surface area contributed by atoms with E-state index in [2.05, 4.69) is 17.4 Å². The number of nitrogens with zero attached hydrogens (tertiary/aromatic N) is 1. The molecule has 164 valence electrons. The fourth-order valence-corrected chi connectivity index (χ4v) is 4.54. The van der Waals surface area contributed by atoms with E-state index in [0.29, 0.717) is 25.8 Å². The number of unbranched alkanes of at least 4 members (excludes halogenated alkanes) is 1. The summed E-state index contributed by atoms with van der Waals surface area (Å²) < 4.78 is 14.6. The first-order chi connectivity index (χ1) is 14.5. The Morgan fingerprint density at radius 1 is 1.23 bits per heavy atom. The lowest BCUT2D eigenvalue weighted by Gasteiger charge is -2.30. The topological polar surface area (TPSA) is 98.7 Å². The van der Waals surface area contributed by atoms with Crippen LogP contribution in [0.25, 0.3) is 0 Å². The number of hydrogen-bond donors (Lipinski definition) is 3. The molecule has 1 saturated heterocycles. The highest BCUT2D eigenvalue weighted by Gasteiger charge is 2.42. The Labute approximate surface area is 176 Å². The fourth-order valence-electron chi connectivity index (χ4n) is 4.54. The lowest BCUT2D eigenvalue weighted by Crippen LogP contribution is -2.52. The Kier molecular flexibility index (Phi) is 7.42. The van der Waals surface area contributed by atoms with E-state index in [9.17, 15) is 18.8 Å². The molecule has 2 aliphatic rings. The van der Waals surface area contributed by atoms with Gasteiger partial charge in [0.2, 0.25) is 11.8 Å². The molecule has 0 radical (unpaired) electrons. The van der Waals surface area contributed by atoms with Crippen LogP contribution in [0.3, 0.4) is 0 Å². The molecule has 0 bridgehead atoms. The third kappa shape index (κ3) is 4.80. The van der Waals surface area contributed by atoms with Gasteiger partial charge < -0.3 is 10.2 Å². The van der Waals surface area contributed by atoms with Crippen molar-refractivity contribution < 1.29 is 24.0 Å². The van der Waals surface area contributed by atoms with Crippen LogP contribution in [0, 0.1) is 5.92 Å². The molecule has 0 aromatic heterocycles. The van der Waals surface area contributed by atoms with Crippen molar-refractivity contribution in [3.05, 3.63) is 35.4 Å². The summed E-state index contributed by atoms with van der Waals surface area (Å²) in [6.45, 7) is 2.27. The Morgan fingerprint density at radius 2 is 1.90 bits per heavy atom. The summed E-state index contributed by atoms with van der Waals surface area (Å²) in [5.74, 6) is -3.20. The molecule has 0 spiro atoms. The SMILES string of the molecule is CCCC[C@@H](C(=O)N1CCCC1C(=O)NC1Cc2ccccc2C1)[C@@H](F)C(=O)NO. The highest BCUT2D eigenvalue weighted by molar-refractivity contribution is 5.92. The lowest BCUT2D eigenvalue weighted by molar-refractivity contribution is -0.149. The number of likely N-dealkylation sites (tertiary alicyclic amines) is 1. The van der Waals surface area contributed by atoms with Crippen molar-refractivity contribution in [3.63, 3.8) is 0 Å². The number of alkyl halides is 1. The number of hydrogen-bond acceptors (Lipinski definition) is 4. The first-order valence-corrected chi connectivity index (χ1v) is 10.7. The van der Waals surface area contributed by atoms with Crippen LogP contribution in [0.2, 0.25) is 0 Å². The molecule has 3 atom stereocenters. The fraction of sp³-hybridized carbons (Fsp3) is 0.591. The summed E-state index contributed by atoms with van der Waals surface area (Å²) >= 11 is 0. The minimum absolute atomic E-state index is 0.0163. The average molecular weight is 419 g/mol. The van der Waals surface area contributed by atoms with E-state index < -0.39 is 29.9 Å². The van der Waals surface area contributed by atoms with Gasteiger partial charge in [-0.2, -0.15) is 0 Å². The lowest BCUT2D eigenvalue weighted by atomic mass is 9.94. The van der Waals surface area contributed by atoms with Gasteiger partial charge in [-0.15, -0.1) is 0 Å². The van der Waals surface area contributed by atoms with Gasteiger partial charge in [-0.3, -0.25) is 19.6 Å². The molecule has 8 heteroatoms. The van der Waals surface area contributed by atoms with Gasteiger partial charge in [0.05, 0.1) is 5.92 Å². The largest absolute Gasteiger partial charge is 0.351 e. The number of fused-ring (bicyclic) bond motifs is 1. The molecule has 1 aromatic carbocycles. The zero-order valence-corrected chi connectivity index (χ0v) is 17.3. The molecular formula is C22H30FN3O4. The predicted octanol–water partition coefficient (Wildman–Crippen LogP) is 1.91. The smallest absolute Gasteiger partial charge is 0.278 e. The van der Waals surface area contributed by atoms with Gasteiger partial charge >= 0.3 is 0 Å². The summed E-state index contributed by atoms with van der Waals surface area (Å²) in [6, 6.07) is 7.39. The third-order valence-electron chi connectivity index (χ3n) is 6.14. The number of benzene rings is 1. The molecule has 1 aromatic rings. The van der Waals surface area contributed by atoms with E-state index in [4.69, 9.17) is 5.21 Å². The Hall–Kier alpha value is -2.48. The summed E-state index contributed by atoms with van der Waals surface area (Å²) in [6.07, 6.45) is 2.02. The van der Waals surface area contributed by atoms with Crippen LogP contribution in [-0.4, -0.2) is 52.6 Å². The zero-order chi connectivity index (χ0) is 21.7. The number of nitrogens with one attached hydrogen (secondary N) is 2. The molecule has 30 heavy (non-hydrogen) atoms. The number of amides is 3. The van der Waals surface area contributed by atoms with Crippen LogP contribution in [0.4, 0.5) is 4.39 Å². The van der Waals surface area contributed by atoms with Gasteiger partial charge in [-0.25, -0.2) is 9.87 Å². The van der Waals surface area contributed by atoms with E-state index in [1.165, 1.54) is 21.5 Å². The first kappa shape index (κ1) is 22.2. The molecule has 1 heterocycles. The van der Waals surface area contributed by atoms with Crippen molar-refractivity contribution in [2.45, 2.75) is 70.1 Å². The molecule has 3 rings (SSSR count). The van der Waals surface area contributed by atoms with Crippen molar-refractivity contribution in [3.8, 4) is 0 Å². The van der Waals surface area contributed by atoms with Crippen LogP contribution >= 0.6 is 0 Å². The van der Waals surface area contributed by atoms with Crippen molar-refractivity contribution in [1.82, 2.24) is 15.7 Å². The van der Waals surface area contributed by atoms with E-state index in [-0.39, 0.29) is 18.4 Å². The molecule has 3 N–H and O–H groups in total. The summed E-state index contributed by atoms with van der Waals surface area (Å²) in [4.78, 5) is 39.0. The van der Waals surface area contributed by atoms with Crippen LogP contribution < -0.4 is 10.8 Å². The zero-order valence-electron chi connectivity index (χ0n) is 17.3. The van der Waals surface area contributed by atoms with E-state index in [1.54, 1.807) is 0 Å². The van der Waals surface area contributed by atoms with Crippen molar-refractivity contribution in [2.75, 3.05) is 6.54 Å². The Bertz CT molecular complexity index is 762. The molecule has 1 aliphatic heterocycles. The molecule has 3 amide bonds. The van der Waals surface area contributed by atoms with Gasteiger partial charge in [0.15, 0.2) is 6.17 Å². The Balaban J connectivity index is 1.66. The second-order valence-corrected chi connectivity index (χ2v) is 8.20. The maximum Gasteiger partial charge on any atom is 0.278 e. The van der Waals surface area contributed by atoms with E-state index >= 15 is 0 Å². The van der Waals surface area contributed by atoms with Crippen molar-refractivity contribution >= 4 is 17.7 Å². The van der Waals surface area contributed by atoms with Gasteiger partial charge in [0.1, 0.15) is 6.04 Å². The van der Waals surface area contributed by atoms with Crippen molar-refractivity contribution in [1.29, 1.82) is 0 Å². The second kappa shape index (κ2) is 10.0. The first-order valence-electron chi connectivity index (χ1n) is 10.7. The van der Waals surface area contributed by atoms with E-state index in [1.807, 2.05) is 19.1 Å². The summed E-state index contributed by atoms with van der Waals surface area (Å²) in [5.41, 5.74) is 3.73. The summed E-state index contributed by atoms with van der Waals surface area (Å²) in [5, 5.41) is 11.8. The van der Waals surface area contributed by atoms with Gasteiger partial charge in [-0.05, 0) is 43.2 Å². The predicted molar refractivity (Wildman–Crippen MR) is 108 cm³/mol. The summed E-state index contributed by atoms with van der Waals surface area (Å²) in [7, 11) is 0. The number of carbonyl (C=O) groups excluding carboxylic acids is 3. The van der Waals surface area contributed by atoms with Gasteiger partial charge in [0, 0.05) is 12.6 Å². The third-order valence-corrected chi connectivity index (χ3v) is 6.14. The average Bonchev–Trinajstić information content (AvgIpc) is 3.39.